The van der Waals surface area contributed by atoms with Crippen molar-refractivity contribution in [2.75, 3.05) is 7.05 Å². The van der Waals surface area contributed by atoms with Crippen LogP contribution in [0.3, 0.4) is 0 Å². The van der Waals surface area contributed by atoms with Crippen molar-refractivity contribution in [2.45, 2.75) is 54.5 Å². The van der Waals surface area contributed by atoms with Gasteiger partial charge in [0.15, 0.2) is 0 Å². The molecule has 6 aliphatic carbocycles. The fraction of sp³-hybridized carbons (Fsp3) is 0.241. The molecular formula is C58H52N2. The topological polar surface area (TPSA) is 15.3 Å². The van der Waals surface area contributed by atoms with Crippen molar-refractivity contribution < 1.29 is 0 Å². The summed E-state index contributed by atoms with van der Waals surface area (Å²) < 4.78 is 0. The molecule has 1 N–H and O–H groups in total. The van der Waals surface area contributed by atoms with E-state index in [-0.39, 0.29) is 40.7 Å². The van der Waals surface area contributed by atoms with Gasteiger partial charge in [0.1, 0.15) is 0 Å². The predicted molar refractivity (Wildman–Crippen MR) is 247 cm³/mol. The van der Waals surface area contributed by atoms with Gasteiger partial charge in [-0.05, 0) is 123 Å². The molecule has 2 aliphatic heterocycles. The Labute approximate surface area is 355 Å². The Morgan fingerprint density at radius 2 is 1.50 bits per heavy atom. The molecule has 0 radical (unpaired) electrons. The Bertz CT molecular complexity index is 2680. The van der Waals surface area contributed by atoms with Crippen molar-refractivity contribution in [1.82, 2.24) is 10.2 Å². The van der Waals surface area contributed by atoms with Crippen LogP contribution in [0.15, 0.2) is 223 Å². The lowest BCUT2D eigenvalue weighted by atomic mass is 9.58. The second-order valence-electron chi connectivity index (χ2n) is 18.4. The monoisotopic (exact) mass is 776 g/mol. The van der Waals surface area contributed by atoms with Crippen LogP contribution < -0.4 is 5.32 Å². The van der Waals surface area contributed by atoms with Crippen molar-refractivity contribution in [3.05, 3.63) is 251 Å². The van der Waals surface area contributed by atoms with Crippen LogP contribution in [0.25, 0.3) is 11.1 Å². The van der Waals surface area contributed by atoms with E-state index >= 15 is 0 Å². The van der Waals surface area contributed by atoms with Crippen LogP contribution in [0.4, 0.5) is 0 Å². The first-order chi connectivity index (χ1) is 29.6. The molecular weight excluding hydrogens is 725 g/mol. The fourth-order valence-corrected chi connectivity index (χ4v) is 13.8. The number of allylic oxidation sites excluding steroid dienone is 13. The number of nitrogens with one attached hydrogen (secondary N) is 1. The minimum Gasteiger partial charge on any atom is -0.381 e. The molecule has 8 aliphatic rings. The van der Waals surface area contributed by atoms with Crippen LogP contribution in [-0.4, -0.2) is 24.0 Å². The molecule has 2 heteroatoms. The molecule has 1 spiro atoms. The third kappa shape index (κ3) is 4.82. The van der Waals surface area contributed by atoms with E-state index < -0.39 is 0 Å². The summed E-state index contributed by atoms with van der Waals surface area (Å²) in [4.78, 5) is 2.42. The number of fused-ring (bicyclic) bond motifs is 12. The molecule has 0 amide bonds. The second-order valence-corrected chi connectivity index (χ2v) is 18.4. The van der Waals surface area contributed by atoms with Gasteiger partial charge < -0.3 is 10.2 Å². The Hall–Kier alpha value is -6.12. The number of hydrogen-bond donors (Lipinski definition) is 1. The van der Waals surface area contributed by atoms with E-state index in [0.717, 1.165) is 25.7 Å². The highest BCUT2D eigenvalue weighted by Gasteiger charge is 2.72. The third-order valence-electron chi connectivity index (χ3n) is 15.9. The lowest BCUT2D eigenvalue weighted by Crippen LogP contribution is -2.41. The number of likely N-dealkylation sites (N-methyl/N-ethyl adjacent to an activating group) is 1. The summed E-state index contributed by atoms with van der Waals surface area (Å²) >= 11 is 0. The summed E-state index contributed by atoms with van der Waals surface area (Å²) in [6.45, 7) is 4.52. The zero-order chi connectivity index (χ0) is 40.0. The van der Waals surface area contributed by atoms with E-state index in [0.29, 0.717) is 11.8 Å². The first-order valence-electron chi connectivity index (χ1n) is 22.3. The van der Waals surface area contributed by atoms with E-state index in [2.05, 4.69) is 212 Å². The molecule has 0 aromatic heterocycles. The minimum atomic E-state index is -0.273. The molecule has 8 atom stereocenters. The van der Waals surface area contributed by atoms with Crippen molar-refractivity contribution in [3.63, 3.8) is 0 Å². The average molecular weight is 777 g/mol. The van der Waals surface area contributed by atoms with Crippen molar-refractivity contribution in [3.8, 4) is 11.1 Å². The number of hydrogen-bond acceptors (Lipinski definition) is 2. The smallest absolute Gasteiger partial charge is 0.0685 e. The maximum absolute atomic E-state index is 4.52. The number of rotatable bonds is 5. The first-order valence-corrected chi connectivity index (χ1v) is 22.3. The van der Waals surface area contributed by atoms with Gasteiger partial charge in [-0.15, -0.1) is 0 Å². The summed E-state index contributed by atoms with van der Waals surface area (Å²) in [6, 6.07) is 40.6. The van der Waals surface area contributed by atoms with E-state index in [4.69, 9.17) is 0 Å². The van der Waals surface area contributed by atoms with Crippen LogP contribution in [0.5, 0.6) is 0 Å². The van der Waals surface area contributed by atoms with E-state index in [9.17, 15) is 0 Å². The van der Waals surface area contributed by atoms with E-state index in [1.165, 1.54) is 61.2 Å². The van der Waals surface area contributed by atoms with Gasteiger partial charge in [0, 0.05) is 24.3 Å². The lowest BCUT2D eigenvalue weighted by Gasteiger charge is -2.45. The minimum absolute atomic E-state index is 0.170. The SMILES string of the molecule is C=C1CC=CNC1C1=CC=C(C2=CC3C(C=C2)C2C(c4ccccc4C24c2ccccc2-c2ccccc24)C3(C2=CC=CCC2)c2ccccc2)C(C2C=CC=CN2C)C1. The first kappa shape index (κ1) is 35.8. The van der Waals surface area contributed by atoms with Crippen molar-refractivity contribution in [2.24, 2.45) is 23.7 Å². The van der Waals surface area contributed by atoms with Crippen molar-refractivity contribution >= 4 is 0 Å². The lowest BCUT2D eigenvalue weighted by molar-refractivity contribution is 0.299. The third-order valence-corrected chi connectivity index (χ3v) is 15.9. The molecule has 4 aromatic rings. The van der Waals surface area contributed by atoms with E-state index in [1.54, 1.807) is 5.57 Å². The maximum Gasteiger partial charge on any atom is 0.0685 e. The van der Waals surface area contributed by atoms with Crippen molar-refractivity contribution in [1.29, 1.82) is 0 Å². The molecule has 2 nitrogen and oxygen atoms in total. The summed E-state index contributed by atoms with van der Waals surface area (Å²) in [5, 5.41) is 3.67. The Balaban J connectivity index is 1.11. The molecule has 60 heavy (non-hydrogen) atoms. The van der Waals surface area contributed by atoms with Gasteiger partial charge >= 0.3 is 0 Å². The zero-order valence-electron chi connectivity index (χ0n) is 34.4. The van der Waals surface area contributed by atoms with Gasteiger partial charge in [-0.25, -0.2) is 0 Å². The Kier molecular flexibility index (Phi) is 8.18. The molecule has 4 aromatic carbocycles. The Morgan fingerprint density at radius 3 is 2.25 bits per heavy atom. The molecule has 294 valence electrons. The number of nitrogens with zero attached hydrogens (tertiary/aromatic N) is 1. The summed E-state index contributed by atoms with van der Waals surface area (Å²) in [5.41, 5.74) is 16.8. The highest BCUT2D eigenvalue weighted by atomic mass is 15.1. The Morgan fingerprint density at radius 1 is 0.750 bits per heavy atom. The average Bonchev–Trinajstić information content (AvgIpc) is 3.90. The largest absolute Gasteiger partial charge is 0.381 e. The molecule has 8 unspecified atom stereocenters. The summed E-state index contributed by atoms with van der Waals surface area (Å²) in [5.74, 6) is 1.40. The molecule has 2 heterocycles. The van der Waals surface area contributed by atoms with Gasteiger partial charge in [0.05, 0.1) is 17.5 Å². The predicted octanol–water partition coefficient (Wildman–Crippen LogP) is 12.4. The van der Waals surface area contributed by atoms with E-state index in [1.807, 2.05) is 0 Å². The number of benzene rings is 4. The molecule has 0 bridgehead atoms. The second kappa shape index (κ2) is 13.7. The molecule has 12 rings (SSSR count). The molecule has 1 saturated carbocycles. The van der Waals surface area contributed by atoms with Crippen LogP contribution in [-0.2, 0) is 10.8 Å². The standard InChI is InChI=1S/C58H52N2/c1-38-18-17-34-59-56(38)40-31-32-43(48(36-40)53-29-15-16-35-60(53)2)39-30-33-47-52(37-39)57(41-19-5-3-6-20-41,42-21-7-4-8-22-42)54-46-25-11-14-28-51(46)58(55(47)54)49-26-12-9-23-44(49)45-24-10-13-27-50(45)58/h3-7,9-17,19-21,23-35,37,47-48,52-56,59H,1,8,18,22,36H2,2H3. The highest BCUT2D eigenvalue weighted by Crippen LogP contribution is 2.77. The molecule has 0 saturated heterocycles. The van der Waals surface area contributed by atoms with Crippen LogP contribution in [0, 0.1) is 23.7 Å². The van der Waals surface area contributed by atoms with Gasteiger partial charge in [-0.3, -0.25) is 0 Å². The van der Waals surface area contributed by atoms with Gasteiger partial charge in [0.25, 0.3) is 0 Å². The van der Waals surface area contributed by atoms with Gasteiger partial charge in [-0.2, -0.15) is 0 Å². The molecule has 1 fully saturated rings. The normalized spacial score (nSPS) is 31.1. The summed E-state index contributed by atoms with van der Waals surface area (Å²) in [7, 11) is 2.25. The van der Waals surface area contributed by atoms with Crippen LogP contribution in [0.2, 0.25) is 0 Å². The zero-order valence-corrected chi connectivity index (χ0v) is 34.4. The quantitative estimate of drug-likeness (QED) is 0.203. The van der Waals surface area contributed by atoms with Gasteiger partial charge in [-0.1, -0.05) is 182 Å². The highest BCUT2D eigenvalue weighted by molar-refractivity contribution is 5.86. The fourth-order valence-electron chi connectivity index (χ4n) is 13.8. The summed E-state index contributed by atoms with van der Waals surface area (Å²) in [6.07, 6.45) is 37.7. The van der Waals surface area contributed by atoms with Crippen LogP contribution >= 0.6 is 0 Å². The maximum atomic E-state index is 4.52. The van der Waals surface area contributed by atoms with Gasteiger partial charge in [0.2, 0.25) is 0 Å². The van der Waals surface area contributed by atoms with Crippen LogP contribution in [0.1, 0.15) is 59.4 Å².